The second-order valence-corrected chi connectivity index (χ2v) is 10.1. The summed E-state index contributed by atoms with van der Waals surface area (Å²) in [6.07, 6.45) is 7.22. The fraction of sp³-hybridized carbons (Fsp3) is 0.591. The van der Waals surface area contributed by atoms with Gasteiger partial charge in [0.15, 0.2) is 5.78 Å². The van der Waals surface area contributed by atoms with Crippen LogP contribution in [0.25, 0.3) is 0 Å². The number of rotatable bonds is 2. The number of ether oxygens (including phenoxy) is 1. The molecule has 0 aliphatic heterocycles. The average molecular weight is 428 g/mol. The van der Waals surface area contributed by atoms with Crippen LogP contribution in [0.1, 0.15) is 60.9 Å². The van der Waals surface area contributed by atoms with Crippen molar-refractivity contribution in [2.24, 2.45) is 23.2 Å². The van der Waals surface area contributed by atoms with Crippen molar-refractivity contribution in [2.75, 3.05) is 0 Å². The van der Waals surface area contributed by atoms with E-state index in [4.69, 9.17) is 4.74 Å². The molecule has 1 aromatic rings. The van der Waals surface area contributed by atoms with E-state index in [-0.39, 0.29) is 6.42 Å². The predicted octanol–water partition coefficient (Wildman–Crippen LogP) is 4.60. The van der Waals surface area contributed by atoms with Crippen molar-refractivity contribution in [3.8, 4) is 6.07 Å². The molecule has 5 heteroatoms. The van der Waals surface area contributed by atoms with E-state index in [1.165, 1.54) is 19.3 Å². The normalized spacial score (nSPS) is 39.0. The van der Waals surface area contributed by atoms with Gasteiger partial charge in [0.05, 0.1) is 6.07 Å². The summed E-state index contributed by atoms with van der Waals surface area (Å²) in [5, 5.41) is 9.91. The first-order valence-corrected chi connectivity index (χ1v) is 10.7. The van der Waals surface area contributed by atoms with E-state index >= 15 is 0 Å². The van der Waals surface area contributed by atoms with Crippen molar-refractivity contribution in [3.05, 3.63) is 33.8 Å². The summed E-state index contributed by atoms with van der Waals surface area (Å²) in [5.74, 6) is 0.910. The standard InChI is InChI=1S/C22H22BrNO3/c23-17-2-1-16-3-4-22(12-24,19(25)18(16)8-17)20(26)27-21-9-13-5-14(10-21)7-15(6-13)11-21/h1-2,8,13-15H,3-7,9-11H2/t13?,14?,15?,21?,22-/m0/s1. The predicted molar refractivity (Wildman–Crippen MR) is 102 cm³/mol. The molecule has 4 fully saturated rings. The van der Waals surface area contributed by atoms with Crippen LogP contribution in [0.2, 0.25) is 0 Å². The molecule has 140 valence electrons. The number of ketones is 1. The molecule has 0 heterocycles. The van der Waals surface area contributed by atoms with Crippen LogP contribution in [0.5, 0.6) is 0 Å². The Bertz CT molecular complexity index is 851. The van der Waals surface area contributed by atoms with Gasteiger partial charge in [-0.15, -0.1) is 0 Å². The molecule has 0 amide bonds. The molecule has 1 atom stereocenters. The average Bonchev–Trinajstić information content (AvgIpc) is 2.61. The van der Waals surface area contributed by atoms with Gasteiger partial charge in [-0.05, 0) is 86.8 Å². The van der Waals surface area contributed by atoms with Gasteiger partial charge in [0.25, 0.3) is 0 Å². The Hall–Kier alpha value is -1.67. The number of benzene rings is 1. The first kappa shape index (κ1) is 17.4. The number of halogens is 1. The summed E-state index contributed by atoms with van der Waals surface area (Å²) >= 11 is 3.39. The summed E-state index contributed by atoms with van der Waals surface area (Å²) in [4.78, 5) is 26.5. The Balaban J connectivity index is 1.45. The SMILES string of the molecule is N#C[C@@]1(C(=O)OC23CC4CC(CC(C4)C2)C3)CCc2ccc(Br)cc2C1=O. The lowest BCUT2D eigenvalue weighted by atomic mass is 9.54. The van der Waals surface area contributed by atoms with E-state index in [0.717, 1.165) is 29.3 Å². The number of fused-ring (bicyclic) bond motifs is 1. The largest absolute Gasteiger partial charge is 0.458 e. The van der Waals surface area contributed by atoms with Crippen molar-refractivity contribution < 1.29 is 14.3 Å². The van der Waals surface area contributed by atoms with Crippen LogP contribution in [-0.2, 0) is 16.0 Å². The minimum Gasteiger partial charge on any atom is -0.458 e. The summed E-state index contributed by atoms with van der Waals surface area (Å²) in [6, 6.07) is 7.57. The molecule has 0 spiro atoms. The summed E-state index contributed by atoms with van der Waals surface area (Å²) in [5.41, 5.74) is -0.763. The monoisotopic (exact) mass is 427 g/mol. The fourth-order valence-electron chi connectivity index (χ4n) is 6.43. The topological polar surface area (TPSA) is 67.2 Å². The number of hydrogen-bond donors (Lipinski definition) is 0. The van der Waals surface area contributed by atoms with Gasteiger partial charge in [0.1, 0.15) is 5.60 Å². The van der Waals surface area contributed by atoms with Crippen LogP contribution in [0.4, 0.5) is 0 Å². The molecule has 0 aromatic heterocycles. The molecule has 5 aliphatic carbocycles. The van der Waals surface area contributed by atoms with Gasteiger partial charge in [-0.2, -0.15) is 5.26 Å². The van der Waals surface area contributed by atoms with Gasteiger partial charge in [-0.25, -0.2) is 4.79 Å². The first-order valence-electron chi connectivity index (χ1n) is 9.91. The molecule has 0 radical (unpaired) electrons. The molecular formula is C22H22BrNO3. The lowest BCUT2D eigenvalue weighted by molar-refractivity contribution is -0.192. The van der Waals surface area contributed by atoms with Gasteiger partial charge in [-0.1, -0.05) is 22.0 Å². The lowest BCUT2D eigenvalue weighted by Gasteiger charge is -2.56. The van der Waals surface area contributed by atoms with Crippen molar-refractivity contribution in [2.45, 2.75) is 57.0 Å². The third-order valence-electron chi connectivity index (χ3n) is 7.30. The van der Waals surface area contributed by atoms with E-state index in [1.54, 1.807) is 6.07 Å². The summed E-state index contributed by atoms with van der Waals surface area (Å²) in [7, 11) is 0. The maximum atomic E-state index is 13.3. The minimum absolute atomic E-state index is 0.210. The van der Waals surface area contributed by atoms with Gasteiger partial charge in [0.2, 0.25) is 5.41 Å². The van der Waals surface area contributed by atoms with E-state index in [1.807, 2.05) is 12.1 Å². The number of aryl methyl sites for hydroxylation is 1. The molecule has 6 rings (SSSR count). The summed E-state index contributed by atoms with van der Waals surface area (Å²) < 4.78 is 6.88. The van der Waals surface area contributed by atoms with E-state index in [2.05, 4.69) is 22.0 Å². The lowest BCUT2D eigenvalue weighted by Crippen LogP contribution is -2.55. The molecule has 5 aliphatic rings. The molecule has 0 unspecified atom stereocenters. The highest BCUT2D eigenvalue weighted by Gasteiger charge is 2.57. The highest BCUT2D eigenvalue weighted by molar-refractivity contribution is 9.10. The number of esters is 1. The maximum absolute atomic E-state index is 13.3. The van der Waals surface area contributed by atoms with Crippen LogP contribution >= 0.6 is 15.9 Å². The van der Waals surface area contributed by atoms with Crippen molar-refractivity contribution in [3.63, 3.8) is 0 Å². The van der Waals surface area contributed by atoms with Gasteiger partial charge < -0.3 is 4.74 Å². The third kappa shape index (κ3) is 2.60. The molecule has 4 saturated carbocycles. The number of hydrogen-bond acceptors (Lipinski definition) is 4. The Kier molecular flexibility index (Phi) is 3.82. The van der Waals surface area contributed by atoms with E-state index in [9.17, 15) is 14.9 Å². The quantitative estimate of drug-likeness (QED) is 0.510. The molecular weight excluding hydrogens is 406 g/mol. The zero-order valence-electron chi connectivity index (χ0n) is 15.2. The Morgan fingerprint density at radius 1 is 1.15 bits per heavy atom. The Labute approximate surface area is 167 Å². The summed E-state index contributed by atoms with van der Waals surface area (Å²) in [6.45, 7) is 0. The van der Waals surface area contributed by atoms with Crippen LogP contribution in [0.3, 0.4) is 0 Å². The highest BCUT2D eigenvalue weighted by Crippen LogP contribution is 2.57. The van der Waals surface area contributed by atoms with Gasteiger partial charge in [-0.3, -0.25) is 4.79 Å². The van der Waals surface area contributed by atoms with E-state index in [0.29, 0.717) is 29.7 Å². The smallest absolute Gasteiger partial charge is 0.335 e. The first-order chi connectivity index (χ1) is 12.9. The number of carbonyl (C=O) groups excluding carboxylic acids is 2. The Morgan fingerprint density at radius 3 is 2.37 bits per heavy atom. The fourth-order valence-corrected chi connectivity index (χ4v) is 6.79. The number of Topliss-reactive ketones (excluding diaryl/α,β-unsaturated/α-hetero) is 1. The zero-order valence-corrected chi connectivity index (χ0v) is 16.8. The third-order valence-corrected chi connectivity index (χ3v) is 7.80. The second kappa shape index (κ2) is 5.91. The van der Waals surface area contributed by atoms with Gasteiger partial charge >= 0.3 is 5.97 Å². The molecule has 0 N–H and O–H groups in total. The zero-order chi connectivity index (χ0) is 18.8. The van der Waals surface area contributed by atoms with Crippen LogP contribution in [-0.4, -0.2) is 17.4 Å². The van der Waals surface area contributed by atoms with Crippen molar-refractivity contribution in [1.82, 2.24) is 0 Å². The van der Waals surface area contributed by atoms with Crippen LogP contribution < -0.4 is 0 Å². The molecule has 4 nitrogen and oxygen atoms in total. The van der Waals surface area contributed by atoms with Crippen molar-refractivity contribution in [1.29, 1.82) is 5.26 Å². The van der Waals surface area contributed by atoms with Crippen LogP contribution in [0.15, 0.2) is 22.7 Å². The van der Waals surface area contributed by atoms with E-state index < -0.39 is 22.8 Å². The maximum Gasteiger partial charge on any atom is 0.335 e. The highest BCUT2D eigenvalue weighted by atomic mass is 79.9. The number of carbonyl (C=O) groups is 2. The molecule has 1 aromatic carbocycles. The molecule has 27 heavy (non-hydrogen) atoms. The second-order valence-electron chi connectivity index (χ2n) is 9.14. The number of nitriles is 1. The minimum atomic E-state index is -1.70. The van der Waals surface area contributed by atoms with Crippen molar-refractivity contribution >= 4 is 27.7 Å². The molecule has 0 saturated heterocycles. The molecule has 4 bridgehead atoms. The Morgan fingerprint density at radius 2 is 1.78 bits per heavy atom. The number of nitrogens with zero attached hydrogens (tertiary/aromatic N) is 1. The van der Waals surface area contributed by atoms with Crippen LogP contribution in [0, 0.1) is 34.5 Å². The van der Waals surface area contributed by atoms with Gasteiger partial charge in [0, 0.05) is 10.0 Å².